The van der Waals surface area contributed by atoms with Crippen LogP contribution < -0.4 is 15.4 Å². The highest BCUT2D eigenvalue weighted by Gasteiger charge is 2.24. The van der Waals surface area contributed by atoms with Gasteiger partial charge in [-0.05, 0) is 51.0 Å². The van der Waals surface area contributed by atoms with E-state index in [1.807, 2.05) is 6.92 Å². The van der Waals surface area contributed by atoms with E-state index in [4.69, 9.17) is 0 Å². The molecule has 1 aliphatic carbocycles. The monoisotopic (exact) mass is 577 g/mol. The number of benzene rings is 1. The second kappa shape index (κ2) is 13.7. The minimum Gasteiger partial charge on any atom is -0.357 e. The van der Waals surface area contributed by atoms with Crippen LogP contribution in [-0.2, 0) is 10.0 Å². The number of rotatable bonds is 10. The first-order valence-electron chi connectivity index (χ1n) is 11.8. The molecule has 0 amide bonds. The molecule has 1 aromatic carbocycles. The molecule has 1 heterocycles. The van der Waals surface area contributed by atoms with Crippen molar-refractivity contribution in [1.29, 1.82) is 0 Å². The fourth-order valence-electron chi connectivity index (χ4n) is 4.18. The Hall–Kier alpha value is -0.910. The van der Waals surface area contributed by atoms with Gasteiger partial charge in [-0.25, -0.2) is 13.1 Å². The van der Waals surface area contributed by atoms with Crippen molar-refractivity contribution < 1.29 is 8.42 Å². The van der Waals surface area contributed by atoms with Gasteiger partial charge in [-0.1, -0.05) is 36.8 Å². The summed E-state index contributed by atoms with van der Waals surface area (Å²) < 4.78 is 27.1. The predicted molar refractivity (Wildman–Crippen MR) is 143 cm³/mol. The SMILES string of the molecule is CCNC(=NCCS(=O)(=O)NCC1CCC1)NC1CCN(C(C)c2ccccc2)CC1.I. The number of likely N-dealkylation sites (tertiary alicyclic amines) is 1. The smallest absolute Gasteiger partial charge is 0.213 e. The first-order chi connectivity index (χ1) is 15.0. The normalized spacial score (nSPS) is 19.6. The van der Waals surface area contributed by atoms with Gasteiger partial charge in [0.15, 0.2) is 5.96 Å². The average Bonchev–Trinajstić information content (AvgIpc) is 2.73. The van der Waals surface area contributed by atoms with Crippen molar-refractivity contribution in [1.82, 2.24) is 20.3 Å². The second-order valence-corrected chi connectivity index (χ2v) is 10.7. The van der Waals surface area contributed by atoms with Crippen molar-refractivity contribution in [3.63, 3.8) is 0 Å². The third-order valence-corrected chi connectivity index (χ3v) is 7.82. The van der Waals surface area contributed by atoms with E-state index in [2.05, 4.69) is 62.5 Å². The lowest BCUT2D eigenvalue weighted by Gasteiger charge is -2.37. The van der Waals surface area contributed by atoms with Gasteiger partial charge in [0.2, 0.25) is 10.0 Å². The topological polar surface area (TPSA) is 85.8 Å². The second-order valence-electron chi connectivity index (χ2n) is 8.77. The summed E-state index contributed by atoms with van der Waals surface area (Å²) in [6, 6.07) is 11.4. The van der Waals surface area contributed by atoms with Gasteiger partial charge in [0, 0.05) is 38.3 Å². The summed E-state index contributed by atoms with van der Waals surface area (Å²) in [4.78, 5) is 7.04. The van der Waals surface area contributed by atoms with E-state index in [0.717, 1.165) is 45.3 Å². The average molecular weight is 578 g/mol. The first kappa shape index (κ1) is 27.3. The van der Waals surface area contributed by atoms with Gasteiger partial charge in [0.25, 0.3) is 0 Å². The van der Waals surface area contributed by atoms with Gasteiger partial charge in [0.1, 0.15) is 0 Å². The maximum Gasteiger partial charge on any atom is 0.213 e. The van der Waals surface area contributed by atoms with E-state index in [-0.39, 0.29) is 36.3 Å². The van der Waals surface area contributed by atoms with E-state index in [1.54, 1.807) is 0 Å². The molecule has 0 bridgehead atoms. The van der Waals surface area contributed by atoms with E-state index < -0.39 is 10.0 Å². The van der Waals surface area contributed by atoms with Crippen LogP contribution in [0.4, 0.5) is 0 Å². The Morgan fingerprint density at radius 3 is 2.44 bits per heavy atom. The van der Waals surface area contributed by atoms with Crippen molar-refractivity contribution >= 4 is 40.0 Å². The maximum atomic E-state index is 12.2. The maximum absolute atomic E-state index is 12.2. The van der Waals surface area contributed by atoms with Crippen molar-refractivity contribution in [3.8, 4) is 0 Å². The van der Waals surface area contributed by atoms with E-state index in [0.29, 0.717) is 30.5 Å². The molecule has 2 aliphatic rings. The Labute approximate surface area is 211 Å². The summed E-state index contributed by atoms with van der Waals surface area (Å²) in [5.41, 5.74) is 1.36. The lowest BCUT2D eigenvalue weighted by Crippen LogP contribution is -2.49. The molecule has 2 fully saturated rings. The fourth-order valence-corrected chi connectivity index (χ4v) is 5.14. The Bertz CT molecular complexity index is 794. The fraction of sp³-hybridized carbons (Fsp3) is 0.696. The number of hydrogen-bond acceptors (Lipinski definition) is 4. The number of nitrogens with zero attached hydrogens (tertiary/aromatic N) is 2. The van der Waals surface area contributed by atoms with E-state index in [9.17, 15) is 8.42 Å². The Balaban J connectivity index is 0.00000363. The minimum absolute atomic E-state index is 0. The van der Waals surface area contributed by atoms with Gasteiger partial charge in [-0.2, -0.15) is 0 Å². The van der Waals surface area contributed by atoms with Gasteiger partial charge < -0.3 is 10.6 Å². The molecule has 0 radical (unpaired) electrons. The lowest BCUT2D eigenvalue weighted by atomic mass is 9.86. The van der Waals surface area contributed by atoms with Gasteiger partial charge >= 0.3 is 0 Å². The molecule has 1 saturated carbocycles. The molecule has 182 valence electrons. The number of aliphatic imine (C=N–C) groups is 1. The third-order valence-electron chi connectivity index (χ3n) is 6.49. The molecular weight excluding hydrogens is 537 g/mol. The van der Waals surface area contributed by atoms with Crippen LogP contribution in [-0.4, -0.2) is 63.8 Å². The van der Waals surface area contributed by atoms with Gasteiger partial charge in [-0.3, -0.25) is 9.89 Å². The molecule has 3 N–H and O–H groups in total. The number of sulfonamides is 1. The zero-order valence-electron chi connectivity index (χ0n) is 19.4. The molecule has 1 aliphatic heterocycles. The largest absolute Gasteiger partial charge is 0.357 e. The Morgan fingerprint density at radius 1 is 1.16 bits per heavy atom. The molecule has 0 spiro atoms. The van der Waals surface area contributed by atoms with Crippen molar-refractivity contribution in [2.75, 3.05) is 38.5 Å². The van der Waals surface area contributed by atoms with Crippen molar-refractivity contribution in [2.45, 2.75) is 58.0 Å². The van der Waals surface area contributed by atoms with Crippen LogP contribution in [0, 0.1) is 5.92 Å². The van der Waals surface area contributed by atoms with Crippen LogP contribution in [0.25, 0.3) is 0 Å². The number of hydrogen-bond donors (Lipinski definition) is 3. The number of piperidine rings is 1. The van der Waals surface area contributed by atoms with Crippen LogP contribution in [0.3, 0.4) is 0 Å². The highest BCUT2D eigenvalue weighted by molar-refractivity contribution is 14.0. The molecule has 32 heavy (non-hydrogen) atoms. The molecule has 3 rings (SSSR count). The quantitative estimate of drug-likeness (QED) is 0.226. The van der Waals surface area contributed by atoms with E-state index >= 15 is 0 Å². The van der Waals surface area contributed by atoms with Gasteiger partial charge in [0.05, 0.1) is 12.3 Å². The highest BCUT2D eigenvalue weighted by atomic mass is 127. The summed E-state index contributed by atoms with van der Waals surface area (Å²) in [6.45, 7) is 7.96. The molecule has 1 saturated heterocycles. The Morgan fingerprint density at radius 2 is 1.84 bits per heavy atom. The van der Waals surface area contributed by atoms with Crippen LogP contribution >= 0.6 is 24.0 Å². The summed E-state index contributed by atoms with van der Waals surface area (Å²) in [7, 11) is -3.26. The van der Waals surface area contributed by atoms with Crippen molar-refractivity contribution in [3.05, 3.63) is 35.9 Å². The predicted octanol–water partition coefficient (Wildman–Crippen LogP) is 3.10. The zero-order chi connectivity index (χ0) is 22.1. The van der Waals surface area contributed by atoms with E-state index in [1.165, 1.54) is 12.0 Å². The molecular formula is C23H40IN5O2S. The highest BCUT2D eigenvalue weighted by Crippen LogP contribution is 2.25. The molecule has 1 unspecified atom stereocenters. The lowest BCUT2D eigenvalue weighted by molar-refractivity contribution is 0.158. The molecule has 0 aromatic heterocycles. The van der Waals surface area contributed by atoms with Crippen molar-refractivity contribution in [2.24, 2.45) is 10.9 Å². The summed E-state index contributed by atoms with van der Waals surface area (Å²) >= 11 is 0. The minimum atomic E-state index is -3.26. The van der Waals surface area contributed by atoms with Gasteiger partial charge in [-0.15, -0.1) is 24.0 Å². The number of nitrogens with one attached hydrogen (secondary N) is 3. The van der Waals surface area contributed by atoms with Crippen LogP contribution in [0.5, 0.6) is 0 Å². The summed E-state index contributed by atoms with van der Waals surface area (Å²) in [6.07, 6.45) is 5.58. The summed E-state index contributed by atoms with van der Waals surface area (Å²) in [5.74, 6) is 1.27. The third kappa shape index (κ3) is 8.79. The molecule has 1 aromatic rings. The zero-order valence-corrected chi connectivity index (χ0v) is 22.6. The number of guanidine groups is 1. The van der Waals surface area contributed by atoms with Crippen LogP contribution in [0.1, 0.15) is 57.6 Å². The summed E-state index contributed by atoms with van der Waals surface area (Å²) in [5, 5.41) is 6.76. The molecule has 7 nitrogen and oxygen atoms in total. The standard InChI is InChI=1S/C23H39N5O2S.HI/c1-3-24-23(25-14-17-31(29,30)26-18-20-8-7-9-20)27-22-12-15-28(16-13-22)19(2)21-10-5-4-6-11-21;/h4-6,10-11,19-20,22,26H,3,7-9,12-18H2,1-2H3,(H2,24,25,27);1H. The van der Waals surface area contributed by atoms with Crippen LogP contribution in [0.15, 0.2) is 35.3 Å². The molecule has 9 heteroatoms. The molecule has 1 atom stereocenters. The first-order valence-corrected chi connectivity index (χ1v) is 13.4. The Kier molecular flexibility index (Phi) is 11.7. The van der Waals surface area contributed by atoms with Crippen LogP contribution in [0.2, 0.25) is 0 Å². The number of halogens is 1.